The van der Waals surface area contributed by atoms with E-state index < -0.39 is 5.82 Å². The number of hydrogen-bond acceptors (Lipinski definition) is 4. The lowest BCUT2D eigenvalue weighted by Gasteiger charge is -1.93. The number of hydrogen-bond donors (Lipinski definition) is 0. The molecule has 0 aliphatic heterocycles. The summed E-state index contributed by atoms with van der Waals surface area (Å²) < 4.78 is 12.6. The first-order chi connectivity index (χ1) is 7.16. The van der Waals surface area contributed by atoms with Crippen molar-refractivity contribution < 1.29 is 9.18 Å². The molecule has 0 unspecified atom stereocenters. The molecule has 0 aliphatic carbocycles. The summed E-state index contributed by atoms with van der Waals surface area (Å²) in [4.78, 5) is 20.1. The number of carbonyl (C=O) groups excluding carboxylic acids is 1. The summed E-state index contributed by atoms with van der Waals surface area (Å²) in [6.45, 7) is 1.50. The lowest BCUT2D eigenvalue weighted by atomic mass is 10.3. The highest BCUT2D eigenvalue weighted by molar-refractivity contribution is 7.17. The summed E-state index contributed by atoms with van der Waals surface area (Å²) in [5, 5.41) is 0. The van der Waals surface area contributed by atoms with E-state index in [2.05, 4.69) is 9.97 Å². The molecule has 0 saturated heterocycles. The fraction of sp³-hybridized carbons (Fsp3) is 0.100. The van der Waals surface area contributed by atoms with Crippen molar-refractivity contribution >= 4 is 17.1 Å². The second kappa shape index (κ2) is 3.86. The predicted molar refractivity (Wildman–Crippen MR) is 55.3 cm³/mol. The van der Waals surface area contributed by atoms with Crippen LogP contribution in [-0.2, 0) is 0 Å². The average Bonchev–Trinajstić information content (AvgIpc) is 2.68. The topological polar surface area (TPSA) is 42.9 Å². The first-order valence-corrected chi connectivity index (χ1v) is 5.07. The van der Waals surface area contributed by atoms with Crippen LogP contribution in [0.2, 0.25) is 0 Å². The van der Waals surface area contributed by atoms with Crippen LogP contribution in [0.3, 0.4) is 0 Å². The zero-order valence-electron chi connectivity index (χ0n) is 7.90. The Hall–Kier alpha value is -1.62. The predicted octanol–water partition coefficient (Wildman–Crippen LogP) is 2.55. The van der Waals surface area contributed by atoms with Crippen LogP contribution < -0.4 is 0 Å². The van der Waals surface area contributed by atoms with Gasteiger partial charge in [-0.15, -0.1) is 11.3 Å². The quantitative estimate of drug-likeness (QED) is 0.733. The molecular formula is C10H7FN2OS. The monoisotopic (exact) mass is 222 g/mol. The Kier molecular flexibility index (Phi) is 2.55. The van der Waals surface area contributed by atoms with Gasteiger partial charge in [0.05, 0.1) is 22.1 Å². The maximum absolute atomic E-state index is 12.6. The van der Waals surface area contributed by atoms with Crippen molar-refractivity contribution in [3.8, 4) is 10.7 Å². The Morgan fingerprint density at radius 1 is 1.33 bits per heavy atom. The summed E-state index contributed by atoms with van der Waals surface area (Å²) in [6.07, 6.45) is 2.21. The molecule has 0 fully saturated rings. The van der Waals surface area contributed by atoms with Crippen molar-refractivity contribution in [2.24, 2.45) is 0 Å². The molecule has 0 spiro atoms. The highest BCUT2D eigenvalue weighted by atomic mass is 32.1. The summed E-state index contributed by atoms with van der Waals surface area (Å²) >= 11 is 1.30. The molecule has 0 amide bonds. The number of carbonyl (C=O) groups is 1. The molecule has 0 saturated carbocycles. The van der Waals surface area contributed by atoms with Crippen LogP contribution in [0, 0.1) is 5.82 Å². The van der Waals surface area contributed by atoms with Crippen molar-refractivity contribution in [1.82, 2.24) is 9.97 Å². The van der Waals surface area contributed by atoms with E-state index in [4.69, 9.17) is 0 Å². The number of halogens is 1. The molecule has 0 aromatic carbocycles. The van der Waals surface area contributed by atoms with Gasteiger partial charge in [-0.2, -0.15) is 0 Å². The number of aromatic nitrogens is 2. The van der Waals surface area contributed by atoms with Crippen molar-refractivity contribution in [1.29, 1.82) is 0 Å². The van der Waals surface area contributed by atoms with E-state index in [0.717, 1.165) is 17.3 Å². The molecule has 2 aromatic heterocycles. The normalized spacial score (nSPS) is 10.3. The molecule has 76 valence electrons. The van der Waals surface area contributed by atoms with Crippen molar-refractivity contribution in [2.45, 2.75) is 6.92 Å². The van der Waals surface area contributed by atoms with Gasteiger partial charge in [-0.25, -0.2) is 14.4 Å². The zero-order chi connectivity index (χ0) is 10.8. The van der Waals surface area contributed by atoms with Gasteiger partial charge in [0.15, 0.2) is 17.4 Å². The lowest BCUT2D eigenvalue weighted by Crippen LogP contribution is -1.87. The second-order valence-corrected chi connectivity index (χ2v) is 4.03. The van der Waals surface area contributed by atoms with Gasteiger partial charge in [-0.1, -0.05) is 0 Å². The second-order valence-electron chi connectivity index (χ2n) is 2.94. The first-order valence-electron chi connectivity index (χ1n) is 4.25. The highest BCUT2D eigenvalue weighted by Crippen LogP contribution is 2.25. The highest BCUT2D eigenvalue weighted by Gasteiger charge is 2.07. The van der Waals surface area contributed by atoms with E-state index in [9.17, 15) is 9.18 Å². The van der Waals surface area contributed by atoms with E-state index in [-0.39, 0.29) is 5.78 Å². The molecule has 0 radical (unpaired) electrons. The number of rotatable bonds is 2. The van der Waals surface area contributed by atoms with Crippen molar-refractivity contribution in [2.75, 3.05) is 0 Å². The van der Waals surface area contributed by atoms with Crippen molar-refractivity contribution in [3.63, 3.8) is 0 Å². The summed E-state index contributed by atoms with van der Waals surface area (Å²) in [5.41, 5.74) is 0. The molecule has 0 bridgehead atoms. The summed E-state index contributed by atoms with van der Waals surface area (Å²) in [6, 6.07) is 3.48. The number of Topliss-reactive ketones (excluding diaryl/α,β-unsaturated/α-hetero) is 1. The van der Waals surface area contributed by atoms with E-state index in [1.807, 2.05) is 0 Å². The minimum absolute atomic E-state index is 0.00774. The molecule has 2 rings (SSSR count). The van der Waals surface area contributed by atoms with Crippen LogP contribution in [0.5, 0.6) is 0 Å². The molecule has 0 aliphatic rings. The largest absolute Gasteiger partial charge is 0.294 e. The van der Waals surface area contributed by atoms with E-state index >= 15 is 0 Å². The van der Waals surface area contributed by atoms with Gasteiger partial charge in [-0.3, -0.25) is 4.79 Å². The Morgan fingerprint density at radius 2 is 2.00 bits per heavy atom. The van der Waals surface area contributed by atoms with Crippen LogP contribution in [0.1, 0.15) is 16.6 Å². The Balaban J connectivity index is 2.37. The fourth-order valence-electron chi connectivity index (χ4n) is 1.09. The van der Waals surface area contributed by atoms with Crippen LogP contribution in [0.25, 0.3) is 10.7 Å². The van der Waals surface area contributed by atoms with Gasteiger partial charge in [-0.05, 0) is 19.1 Å². The molecule has 0 atom stereocenters. The van der Waals surface area contributed by atoms with Gasteiger partial charge in [0.25, 0.3) is 0 Å². The maximum Gasteiger partial charge on any atom is 0.169 e. The van der Waals surface area contributed by atoms with Gasteiger partial charge >= 0.3 is 0 Å². The number of ketones is 1. The smallest absolute Gasteiger partial charge is 0.169 e. The molecule has 15 heavy (non-hydrogen) atoms. The summed E-state index contributed by atoms with van der Waals surface area (Å²) in [7, 11) is 0. The van der Waals surface area contributed by atoms with Gasteiger partial charge in [0.1, 0.15) is 0 Å². The Labute approximate surface area is 89.6 Å². The molecule has 5 heteroatoms. The van der Waals surface area contributed by atoms with Crippen LogP contribution >= 0.6 is 11.3 Å². The average molecular weight is 222 g/mol. The summed E-state index contributed by atoms with van der Waals surface area (Å²) in [5.74, 6) is -0.0237. The maximum atomic E-state index is 12.6. The SMILES string of the molecule is CC(=O)c1ccc(-c2ncc(F)cn2)s1. The van der Waals surface area contributed by atoms with Crippen LogP contribution in [-0.4, -0.2) is 15.8 Å². The Bertz CT molecular complexity index is 492. The molecule has 2 aromatic rings. The number of thiophene rings is 1. The lowest BCUT2D eigenvalue weighted by molar-refractivity contribution is 0.102. The standard InChI is InChI=1S/C10H7FN2OS/c1-6(14)8-2-3-9(15-8)10-12-4-7(11)5-13-10/h2-5H,1H3. The van der Waals surface area contributed by atoms with Crippen LogP contribution in [0.4, 0.5) is 4.39 Å². The zero-order valence-corrected chi connectivity index (χ0v) is 8.71. The van der Waals surface area contributed by atoms with E-state index in [1.54, 1.807) is 12.1 Å². The molecular weight excluding hydrogens is 215 g/mol. The molecule has 3 nitrogen and oxygen atoms in total. The van der Waals surface area contributed by atoms with Gasteiger partial charge in [0.2, 0.25) is 0 Å². The van der Waals surface area contributed by atoms with Crippen molar-refractivity contribution in [3.05, 3.63) is 35.2 Å². The minimum atomic E-state index is -0.470. The molecule has 2 heterocycles. The third-order valence-electron chi connectivity index (χ3n) is 1.79. The van der Waals surface area contributed by atoms with E-state index in [0.29, 0.717) is 10.7 Å². The van der Waals surface area contributed by atoms with Gasteiger partial charge < -0.3 is 0 Å². The first kappa shape index (κ1) is 9.92. The number of nitrogens with zero attached hydrogens (tertiary/aromatic N) is 2. The van der Waals surface area contributed by atoms with Crippen LogP contribution in [0.15, 0.2) is 24.5 Å². The third kappa shape index (κ3) is 2.07. The Morgan fingerprint density at radius 3 is 2.53 bits per heavy atom. The third-order valence-corrected chi connectivity index (χ3v) is 2.98. The minimum Gasteiger partial charge on any atom is -0.294 e. The van der Waals surface area contributed by atoms with E-state index in [1.165, 1.54) is 18.3 Å². The fourth-order valence-corrected chi connectivity index (χ4v) is 1.94. The van der Waals surface area contributed by atoms with Gasteiger partial charge in [0, 0.05) is 0 Å². The molecule has 0 N–H and O–H groups in total.